The Morgan fingerprint density at radius 2 is 2.00 bits per heavy atom. The predicted molar refractivity (Wildman–Crippen MR) is 66.8 cm³/mol. The fraction of sp³-hybridized carbons (Fsp3) is 0. The van der Waals surface area contributed by atoms with Crippen LogP contribution >= 0.6 is 11.3 Å². The maximum absolute atomic E-state index is 11.8. The number of benzene rings is 1. The normalized spacial score (nSPS) is 15.4. The summed E-state index contributed by atoms with van der Waals surface area (Å²) in [6, 6.07) is 5.58. The van der Waals surface area contributed by atoms with E-state index in [1.807, 2.05) is 18.2 Å². The molecule has 1 heterocycles. The Morgan fingerprint density at radius 3 is 2.88 bits per heavy atom. The summed E-state index contributed by atoms with van der Waals surface area (Å²) in [5, 5.41) is 0. The predicted octanol–water partition coefficient (Wildman–Crippen LogP) is 2.39. The number of rotatable bonds is 1. The number of hydrogen-bond donors (Lipinski definition) is 0. The lowest BCUT2D eigenvalue weighted by molar-refractivity contribution is -0.113. The van der Waals surface area contributed by atoms with E-state index in [9.17, 15) is 9.59 Å². The SMILES string of the molecule is O=C1C=CC(=O)C(c2cccc3ncsc23)=C1. The zero-order valence-electron chi connectivity index (χ0n) is 8.71. The summed E-state index contributed by atoms with van der Waals surface area (Å²) >= 11 is 1.47. The van der Waals surface area contributed by atoms with Crippen LogP contribution in [0, 0.1) is 0 Å². The second-order valence-corrected chi connectivity index (χ2v) is 4.52. The van der Waals surface area contributed by atoms with Crippen molar-refractivity contribution < 1.29 is 9.59 Å². The summed E-state index contributed by atoms with van der Waals surface area (Å²) in [6.07, 6.45) is 3.99. The molecule has 1 aromatic heterocycles. The molecule has 0 aliphatic heterocycles. The second-order valence-electron chi connectivity index (χ2n) is 3.66. The molecule has 0 atom stereocenters. The first-order valence-corrected chi connectivity index (χ1v) is 5.94. The summed E-state index contributed by atoms with van der Waals surface area (Å²) in [5.41, 5.74) is 3.82. The van der Waals surface area contributed by atoms with E-state index >= 15 is 0 Å². The van der Waals surface area contributed by atoms with Gasteiger partial charge in [0, 0.05) is 11.1 Å². The van der Waals surface area contributed by atoms with Gasteiger partial charge in [0.05, 0.1) is 15.7 Å². The maximum Gasteiger partial charge on any atom is 0.186 e. The Hall–Kier alpha value is -2.07. The molecule has 17 heavy (non-hydrogen) atoms. The van der Waals surface area contributed by atoms with Crippen molar-refractivity contribution in [3.05, 3.63) is 47.5 Å². The highest BCUT2D eigenvalue weighted by Gasteiger charge is 2.17. The first kappa shape index (κ1) is 10.1. The van der Waals surface area contributed by atoms with Gasteiger partial charge >= 0.3 is 0 Å². The highest BCUT2D eigenvalue weighted by atomic mass is 32.1. The minimum atomic E-state index is -0.152. The van der Waals surface area contributed by atoms with Gasteiger partial charge in [-0.1, -0.05) is 12.1 Å². The highest BCUT2D eigenvalue weighted by Crippen LogP contribution is 2.29. The van der Waals surface area contributed by atoms with E-state index in [1.165, 1.54) is 29.6 Å². The Morgan fingerprint density at radius 1 is 1.12 bits per heavy atom. The van der Waals surface area contributed by atoms with Crippen LogP contribution in [0.3, 0.4) is 0 Å². The summed E-state index contributed by atoms with van der Waals surface area (Å²) in [5.74, 6) is -0.286. The van der Waals surface area contributed by atoms with E-state index in [1.54, 1.807) is 5.51 Å². The Bertz CT molecular complexity index is 694. The minimum absolute atomic E-state index is 0.134. The monoisotopic (exact) mass is 241 g/mol. The molecule has 2 aromatic rings. The molecule has 3 rings (SSSR count). The maximum atomic E-state index is 11.8. The Kier molecular flexibility index (Phi) is 2.23. The minimum Gasteiger partial charge on any atom is -0.290 e. The molecule has 4 heteroatoms. The molecule has 82 valence electrons. The van der Waals surface area contributed by atoms with Gasteiger partial charge in [-0.15, -0.1) is 11.3 Å². The van der Waals surface area contributed by atoms with Crippen LogP contribution in [0.2, 0.25) is 0 Å². The summed E-state index contributed by atoms with van der Waals surface area (Å²) < 4.78 is 0.940. The van der Waals surface area contributed by atoms with E-state index < -0.39 is 0 Å². The number of allylic oxidation sites excluding steroid dienone is 4. The average Bonchev–Trinajstić information content (AvgIpc) is 2.80. The number of nitrogens with zero attached hydrogens (tertiary/aromatic N) is 1. The number of fused-ring (bicyclic) bond motifs is 1. The van der Waals surface area contributed by atoms with Gasteiger partial charge in [0.1, 0.15) is 0 Å². The summed E-state index contributed by atoms with van der Waals surface area (Å²) in [7, 11) is 0. The molecule has 0 spiro atoms. The van der Waals surface area contributed by atoms with Crippen molar-refractivity contribution in [3.8, 4) is 0 Å². The molecular weight excluding hydrogens is 234 g/mol. The summed E-state index contributed by atoms with van der Waals surface area (Å²) in [4.78, 5) is 27.3. The zero-order valence-corrected chi connectivity index (χ0v) is 9.53. The quantitative estimate of drug-likeness (QED) is 0.720. The number of thiazole rings is 1. The van der Waals surface area contributed by atoms with E-state index in [0.717, 1.165) is 15.8 Å². The third-order valence-corrected chi connectivity index (χ3v) is 3.47. The second kappa shape index (κ2) is 3.75. The first-order chi connectivity index (χ1) is 8.25. The van der Waals surface area contributed by atoms with Gasteiger partial charge < -0.3 is 0 Å². The molecule has 0 amide bonds. The molecule has 0 saturated carbocycles. The van der Waals surface area contributed by atoms with Crippen LogP contribution in [-0.2, 0) is 9.59 Å². The number of carbonyl (C=O) groups is 2. The van der Waals surface area contributed by atoms with Crippen LogP contribution in [-0.4, -0.2) is 16.6 Å². The van der Waals surface area contributed by atoms with E-state index in [0.29, 0.717) is 5.57 Å². The van der Waals surface area contributed by atoms with Crippen molar-refractivity contribution in [1.29, 1.82) is 0 Å². The lowest BCUT2D eigenvalue weighted by Crippen LogP contribution is -2.06. The smallest absolute Gasteiger partial charge is 0.186 e. The van der Waals surface area contributed by atoms with Crippen LogP contribution in [0.4, 0.5) is 0 Å². The third kappa shape index (κ3) is 1.62. The standard InChI is InChI=1S/C13H7NO2S/c15-8-4-5-12(16)10(6-8)9-2-1-3-11-13(9)17-7-14-11/h1-7H. The van der Waals surface area contributed by atoms with Crippen LogP contribution < -0.4 is 0 Å². The largest absolute Gasteiger partial charge is 0.290 e. The Labute approximate surface area is 101 Å². The number of carbonyl (C=O) groups excluding carboxylic acids is 2. The molecule has 1 aromatic carbocycles. The average molecular weight is 241 g/mol. The number of ketones is 2. The lowest BCUT2D eigenvalue weighted by Gasteiger charge is -2.07. The Balaban J connectivity index is 2.25. The lowest BCUT2D eigenvalue weighted by atomic mass is 9.96. The molecule has 0 saturated heterocycles. The molecular formula is C13H7NO2S. The number of hydrogen-bond acceptors (Lipinski definition) is 4. The van der Waals surface area contributed by atoms with Crippen LogP contribution in [0.25, 0.3) is 15.8 Å². The highest BCUT2D eigenvalue weighted by molar-refractivity contribution is 7.17. The van der Waals surface area contributed by atoms with E-state index in [2.05, 4.69) is 4.98 Å². The van der Waals surface area contributed by atoms with Crippen LogP contribution in [0.1, 0.15) is 5.56 Å². The van der Waals surface area contributed by atoms with Crippen LogP contribution in [0.5, 0.6) is 0 Å². The molecule has 1 aliphatic rings. The molecule has 0 radical (unpaired) electrons. The van der Waals surface area contributed by atoms with E-state index in [4.69, 9.17) is 0 Å². The topological polar surface area (TPSA) is 47.0 Å². The summed E-state index contributed by atoms with van der Waals surface area (Å²) in [6.45, 7) is 0. The van der Waals surface area contributed by atoms with Gasteiger partial charge in [0.2, 0.25) is 0 Å². The van der Waals surface area contributed by atoms with Gasteiger partial charge in [-0.25, -0.2) is 4.98 Å². The molecule has 0 bridgehead atoms. The van der Waals surface area contributed by atoms with Gasteiger partial charge in [-0.2, -0.15) is 0 Å². The van der Waals surface area contributed by atoms with Crippen LogP contribution in [0.15, 0.2) is 41.9 Å². The molecule has 0 fully saturated rings. The third-order valence-electron chi connectivity index (χ3n) is 2.60. The van der Waals surface area contributed by atoms with Crippen molar-refractivity contribution >= 4 is 38.7 Å². The van der Waals surface area contributed by atoms with Crippen molar-refractivity contribution in [2.45, 2.75) is 0 Å². The molecule has 3 nitrogen and oxygen atoms in total. The van der Waals surface area contributed by atoms with Crippen molar-refractivity contribution in [1.82, 2.24) is 4.98 Å². The zero-order chi connectivity index (χ0) is 11.8. The molecule has 1 aliphatic carbocycles. The fourth-order valence-corrected chi connectivity index (χ4v) is 2.64. The van der Waals surface area contributed by atoms with Gasteiger partial charge in [-0.05, 0) is 24.3 Å². The molecule has 0 unspecified atom stereocenters. The fourth-order valence-electron chi connectivity index (χ4n) is 1.82. The van der Waals surface area contributed by atoms with Crippen molar-refractivity contribution in [2.24, 2.45) is 0 Å². The van der Waals surface area contributed by atoms with Crippen molar-refractivity contribution in [3.63, 3.8) is 0 Å². The van der Waals surface area contributed by atoms with Crippen molar-refractivity contribution in [2.75, 3.05) is 0 Å². The van der Waals surface area contributed by atoms with Gasteiger partial charge in [0.25, 0.3) is 0 Å². The van der Waals surface area contributed by atoms with Gasteiger partial charge in [0.15, 0.2) is 11.6 Å². The number of aromatic nitrogens is 1. The van der Waals surface area contributed by atoms with E-state index in [-0.39, 0.29) is 11.6 Å². The first-order valence-electron chi connectivity index (χ1n) is 5.06. The molecule has 0 N–H and O–H groups in total. The van der Waals surface area contributed by atoms with Gasteiger partial charge in [-0.3, -0.25) is 9.59 Å².